The summed E-state index contributed by atoms with van der Waals surface area (Å²) in [6.45, 7) is 2.10. The number of para-hydroxylation sites is 1. The van der Waals surface area contributed by atoms with Crippen LogP contribution in [0.1, 0.15) is 5.56 Å². The van der Waals surface area contributed by atoms with Crippen molar-refractivity contribution in [1.82, 2.24) is 4.98 Å². The van der Waals surface area contributed by atoms with E-state index >= 15 is 0 Å². The van der Waals surface area contributed by atoms with Gasteiger partial charge < -0.3 is 0 Å². The van der Waals surface area contributed by atoms with Gasteiger partial charge in [0.2, 0.25) is 0 Å². The Bertz CT molecular complexity index is 374. The van der Waals surface area contributed by atoms with Gasteiger partial charge in [0.25, 0.3) is 0 Å². The summed E-state index contributed by atoms with van der Waals surface area (Å²) < 4.78 is 0. The molecule has 4 radical (unpaired) electrons. The third-order valence-corrected chi connectivity index (χ3v) is 1.87. The topological polar surface area (TPSA) is 12.9 Å². The van der Waals surface area contributed by atoms with E-state index in [4.69, 9.17) is 0 Å². The summed E-state index contributed by atoms with van der Waals surface area (Å²) in [5, 5.41) is 1.25. The van der Waals surface area contributed by atoms with Crippen LogP contribution in [0, 0.1) is 14.4 Å². The summed E-state index contributed by atoms with van der Waals surface area (Å²) in [5.74, 6) is 0. The van der Waals surface area contributed by atoms with Crippen molar-refractivity contribution >= 4 is 10.9 Å². The van der Waals surface area contributed by atoms with E-state index in [1.165, 1.54) is 10.9 Å². The Labute approximate surface area is 73.1 Å². The molecule has 0 saturated heterocycles. The second-order valence-corrected chi connectivity index (χ2v) is 2.64. The van der Waals surface area contributed by atoms with E-state index in [2.05, 4.69) is 18.0 Å². The number of aromatic nitrogens is 1. The number of pyridine rings is 1. The first-order valence-electron chi connectivity index (χ1n) is 3.68. The maximum atomic E-state index is 4.24. The molecule has 0 bridgehead atoms. The van der Waals surface area contributed by atoms with Crippen molar-refractivity contribution in [2.24, 2.45) is 0 Å². The van der Waals surface area contributed by atoms with Crippen molar-refractivity contribution in [3.63, 3.8) is 0 Å². The summed E-state index contributed by atoms with van der Waals surface area (Å²) in [4.78, 5) is 4.24. The lowest BCUT2D eigenvalue weighted by atomic mass is 10.1. The van der Waals surface area contributed by atoms with E-state index in [0.717, 1.165) is 5.52 Å². The van der Waals surface area contributed by atoms with Gasteiger partial charge in [-0.1, -0.05) is 18.2 Å². The van der Waals surface area contributed by atoms with Gasteiger partial charge in [0.1, 0.15) is 0 Å². The zero-order valence-corrected chi connectivity index (χ0v) is 6.91. The Kier molecular flexibility index (Phi) is 2.44. The molecular weight excluding hydrogens is 146 g/mol. The van der Waals surface area contributed by atoms with Crippen LogP contribution in [0.4, 0.5) is 0 Å². The lowest BCUT2D eigenvalue weighted by Gasteiger charge is -1.97. The molecule has 0 aliphatic rings. The summed E-state index contributed by atoms with van der Waals surface area (Å²) in [6.07, 6.45) is 1.84. The summed E-state index contributed by atoms with van der Waals surface area (Å²) >= 11 is 0. The zero-order chi connectivity index (χ0) is 7.68. The van der Waals surface area contributed by atoms with Gasteiger partial charge in [-0.25, -0.2) is 0 Å². The number of aryl methyl sites for hydroxylation is 1. The van der Waals surface area contributed by atoms with Crippen LogP contribution >= 0.6 is 0 Å². The van der Waals surface area contributed by atoms with Crippen molar-refractivity contribution in [3.05, 3.63) is 49.5 Å². The summed E-state index contributed by atoms with van der Waals surface area (Å²) in [7, 11) is 0. The van der Waals surface area contributed by atoms with Crippen molar-refractivity contribution in [1.29, 1.82) is 0 Å². The molecule has 0 aliphatic heterocycles. The van der Waals surface area contributed by atoms with Crippen molar-refractivity contribution < 1.29 is 0 Å². The van der Waals surface area contributed by atoms with Crippen LogP contribution in [0.15, 0.2) is 36.5 Å². The van der Waals surface area contributed by atoms with Crippen molar-refractivity contribution in [2.45, 2.75) is 6.92 Å². The fraction of sp³-hybridized carbons (Fsp3) is 0.0909. The maximum absolute atomic E-state index is 4.24. The number of hydrogen-bond donors (Lipinski definition) is 0. The Balaban J connectivity index is 0.000000720. The first-order valence-corrected chi connectivity index (χ1v) is 3.68. The molecule has 1 aromatic heterocycles. The summed E-state index contributed by atoms with van der Waals surface area (Å²) in [6, 6.07) is 10.2. The standard InChI is InChI=1S/C10H9N.C/c1-8-6-7-11-10-5-3-2-4-9(8)10;/h2-7H,1H3;. The molecule has 0 fully saturated rings. The molecule has 0 N–H and O–H groups in total. The Morgan fingerprint density at radius 3 is 2.58 bits per heavy atom. The van der Waals surface area contributed by atoms with Gasteiger partial charge in [0.05, 0.1) is 5.52 Å². The Hall–Kier alpha value is -1.37. The molecule has 2 rings (SSSR count). The van der Waals surface area contributed by atoms with Gasteiger partial charge in [0, 0.05) is 19.0 Å². The van der Waals surface area contributed by atoms with Crippen LogP contribution in [-0.2, 0) is 0 Å². The number of rotatable bonds is 0. The van der Waals surface area contributed by atoms with Gasteiger partial charge in [-0.15, -0.1) is 0 Å². The molecule has 0 aliphatic carbocycles. The largest absolute Gasteiger partial charge is 0.256 e. The normalized spacial score (nSPS) is 9.42. The van der Waals surface area contributed by atoms with E-state index in [9.17, 15) is 0 Å². The van der Waals surface area contributed by atoms with Crippen LogP contribution in [-0.4, -0.2) is 4.98 Å². The van der Waals surface area contributed by atoms with E-state index < -0.39 is 0 Å². The Morgan fingerprint density at radius 1 is 1.08 bits per heavy atom. The summed E-state index contributed by atoms with van der Waals surface area (Å²) in [5.41, 5.74) is 2.36. The smallest absolute Gasteiger partial charge is 0.0704 e. The average Bonchev–Trinajstić information content (AvgIpc) is 2.06. The first-order chi connectivity index (χ1) is 5.38. The zero-order valence-electron chi connectivity index (χ0n) is 6.91. The van der Waals surface area contributed by atoms with Crippen LogP contribution in [0.5, 0.6) is 0 Å². The van der Waals surface area contributed by atoms with Gasteiger partial charge in [-0.05, 0) is 24.6 Å². The van der Waals surface area contributed by atoms with Crippen LogP contribution < -0.4 is 0 Å². The number of fused-ring (bicyclic) bond motifs is 1. The van der Waals surface area contributed by atoms with Crippen molar-refractivity contribution in [2.75, 3.05) is 0 Å². The van der Waals surface area contributed by atoms with Gasteiger partial charge in [-0.2, -0.15) is 0 Å². The molecule has 1 heterocycles. The molecule has 0 amide bonds. The highest BCUT2D eigenvalue weighted by Gasteiger charge is 1.93. The van der Waals surface area contributed by atoms with E-state index in [1.807, 2.05) is 30.5 Å². The van der Waals surface area contributed by atoms with Crippen LogP contribution in [0.3, 0.4) is 0 Å². The monoisotopic (exact) mass is 155 g/mol. The minimum absolute atomic E-state index is 0. The van der Waals surface area contributed by atoms with Crippen LogP contribution in [0.25, 0.3) is 10.9 Å². The highest BCUT2D eigenvalue weighted by atomic mass is 14.6. The second kappa shape index (κ2) is 3.35. The average molecular weight is 155 g/mol. The minimum atomic E-state index is 0. The number of nitrogens with zero attached hydrogens (tertiary/aromatic N) is 1. The van der Waals surface area contributed by atoms with E-state index in [0.29, 0.717) is 0 Å². The molecule has 2 aromatic rings. The van der Waals surface area contributed by atoms with Gasteiger partial charge in [0.15, 0.2) is 0 Å². The van der Waals surface area contributed by atoms with Gasteiger partial charge in [-0.3, -0.25) is 4.98 Å². The first kappa shape index (κ1) is 8.72. The lowest BCUT2D eigenvalue weighted by molar-refractivity contribution is 1.37. The van der Waals surface area contributed by atoms with E-state index in [-0.39, 0.29) is 7.43 Å². The molecule has 0 atom stereocenters. The number of hydrogen-bond acceptors (Lipinski definition) is 1. The number of benzene rings is 1. The maximum Gasteiger partial charge on any atom is 0.0704 e. The molecule has 0 unspecified atom stereocenters. The molecule has 0 spiro atoms. The third kappa shape index (κ3) is 1.30. The predicted molar refractivity (Wildman–Crippen MR) is 49.7 cm³/mol. The highest BCUT2D eigenvalue weighted by Crippen LogP contribution is 2.13. The van der Waals surface area contributed by atoms with E-state index in [1.54, 1.807) is 0 Å². The fourth-order valence-electron chi connectivity index (χ4n) is 1.24. The third-order valence-electron chi connectivity index (χ3n) is 1.87. The minimum Gasteiger partial charge on any atom is -0.256 e. The molecule has 1 nitrogen and oxygen atoms in total. The second-order valence-electron chi connectivity index (χ2n) is 2.64. The fourth-order valence-corrected chi connectivity index (χ4v) is 1.24. The molecular formula is C11H9N. The highest BCUT2D eigenvalue weighted by molar-refractivity contribution is 5.81. The SMILES string of the molecule is Cc1ccnc2ccccc12.[C]. The quantitative estimate of drug-likeness (QED) is 0.570. The molecule has 0 saturated carbocycles. The predicted octanol–water partition coefficient (Wildman–Crippen LogP) is 2.62. The molecule has 12 heavy (non-hydrogen) atoms. The van der Waals surface area contributed by atoms with Crippen LogP contribution in [0.2, 0.25) is 0 Å². The van der Waals surface area contributed by atoms with Gasteiger partial charge >= 0.3 is 0 Å². The molecule has 1 aromatic carbocycles. The lowest BCUT2D eigenvalue weighted by Crippen LogP contribution is -1.79. The Morgan fingerprint density at radius 2 is 1.83 bits per heavy atom. The molecule has 58 valence electrons. The molecule has 1 heteroatoms. The van der Waals surface area contributed by atoms with Crippen molar-refractivity contribution in [3.8, 4) is 0 Å².